The van der Waals surface area contributed by atoms with Crippen molar-refractivity contribution in [2.75, 3.05) is 33.2 Å². The summed E-state index contributed by atoms with van der Waals surface area (Å²) in [6.07, 6.45) is 7.46. The summed E-state index contributed by atoms with van der Waals surface area (Å²) in [4.78, 5) is 18.0. The number of carbonyl (C=O) groups is 1. The van der Waals surface area contributed by atoms with Crippen molar-refractivity contribution >= 4 is 5.78 Å². The Morgan fingerprint density at radius 1 is 1.00 bits per heavy atom. The Labute approximate surface area is 199 Å². The number of para-hydroxylation sites is 1. The third kappa shape index (κ3) is 6.68. The van der Waals surface area contributed by atoms with E-state index >= 15 is 0 Å². The standard InChI is InChI=1S/C29H40N2O2/c1-23(24-10-4-3-5-11-24)22-31-20-17-26(18-21-31)33-29-16-7-6-14-27(29)28(32)15-8-12-25-13-9-19-30(25)2/h3-7,10-11,14,16,23,25-26H,8-9,12-13,15,17-22H2,1-2H3. The number of likely N-dealkylation sites (tertiary alicyclic amines) is 2. The van der Waals surface area contributed by atoms with Crippen molar-refractivity contribution in [3.8, 4) is 5.75 Å². The number of hydrogen-bond acceptors (Lipinski definition) is 4. The summed E-state index contributed by atoms with van der Waals surface area (Å²) in [5.41, 5.74) is 2.17. The van der Waals surface area contributed by atoms with Gasteiger partial charge >= 0.3 is 0 Å². The average molecular weight is 449 g/mol. The Morgan fingerprint density at radius 3 is 2.45 bits per heavy atom. The summed E-state index contributed by atoms with van der Waals surface area (Å²) < 4.78 is 6.39. The second-order valence-corrected chi connectivity index (χ2v) is 10.0. The molecule has 4 rings (SSSR count). The molecule has 2 aromatic rings. The van der Waals surface area contributed by atoms with Crippen molar-refractivity contribution in [3.63, 3.8) is 0 Å². The number of benzene rings is 2. The molecule has 33 heavy (non-hydrogen) atoms. The Bertz CT molecular complexity index is 876. The lowest BCUT2D eigenvalue weighted by Crippen LogP contribution is -2.40. The number of hydrogen-bond donors (Lipinski definition) is 0. The predicted octanol–water partition coefficient (Wildman–Crippen LogP) is 5.78. The lowest BCUT2D eigenvalue weighted by molar-refractivity contribution is 0.0910. The molecule has 0 saturated carbocycles. The number of nitrogens with zero attached hydrogens (tertiary/aromatic N) is 2. The van der Waals surface area contributed by atoms with Gasteiger partial charge in [-0.15, -0.1) is 0 Å². The summed E-state index contributed by atoms with van der Waals surface area (Å²) in [7, 11) is 2.20. The largest absolute Gasteiger partial charge is 0.490 e. The van der Waals surface area contributed by atoms with Gasteiger partial charge in [0.2, 0.25) is 0 Å². The fourth-order valence-corrected chi connectivity index (χ4v) is 5.44. The highest BCUT2D eigenvalue weighted by molar-refractivity contribution is 5.98. The summed E-state index contributed by atoms with van der Waals surface area (Å²) in [6.45, 7) is 6.69. The quantitative estimate of drug-likeness (QED) is 0.431. The Morgan fingerprint density at radius 2 is 1.73 bits per heavy atom. The van der Waals surface area contributed by atoms with E-state index in [2.05, 4.69) is 54.1 Å². The summed E-state index contributed by atoms with van der Waals surface area (Å²) >= 11 is 0. The first-order chi connectivity index (χ1) is 16.1. The lowest BCUT2D eigenvalue weighted by Gasteiger charge is -2.34. The Hall–Kier alpha value is -2.17. The van der Waals surface area contributed by atoms with E-state index in [0.717, 1.165) is 56.6 Å². The molecule has 2 fully saturated rings. The first-order valence-corrected chi connectivity index (χ1v) is 12.9. The zero-order valence-corrected chi connectivity index (χ0v) is 20.4. The fraction of sp³-hybridized carbons (Fsp3) is 0.552. The second kappa shape index (κ2) is 11.8. The molecule has 4 heteroatoms. The van der Waals surface area contributed by atoms with E-state index in [1.54, 1.807) is 0 Å². The smallest absolute Gasteiger partial charge is 0.166 e. The van der Waals surface area contributed by atoms with Gasteiger partial charge in [-0.3, -0.25) is 4.79 Å². The van der Waals surface area contributed by atoms with Crippen molar-refractivity contribution in [3.05, 3.63) is 65.7 Å². The minimum atomic E-state index is 0.189. The predicted molar refractivity (Wildman–Crippen MR) is 135 cm³/mol. The second-order valence-electron chi connectivity index (χ2n) is 10.0. The average Bonchev–Trinajstić information content (AvgIpc) is 3.25. The SMILES string of the molecule is CC(CN1CCC(Oc2ccccc2C(=O)CCCC2CCCN2C)CC1)c1ccccc1. The van der Waals surface area contributed by atoms with Crippen molar-refractivity contribution in [2.45, 2.75) is 69.9 Å². The van der Waals surface area contributed by atoms with Crippen LogP contribution in [0.25, 0.3) is 0 Å². The van der Waals surface area contributed by atoms with Crippen LogP contribution in [0.2, 0.25) is 0 Å². The molecular formula is C29H40N2O2. The summed E-state index contributed by atoms with van der Waals surface area (Å²) in [5, 5.41) is 0. The van der Waals surface area contributed by atoms with Crippen molar-refractivity contribution in [1.29, 1.82) is 0 Å². The molecule has 0 aliphatic carbocycles. The lowest BCUT2D eigenvalue weighted by atomic mass is 9.99. The first-order valence-electron chi connectivity index (χ1n) is 12.9. The van der Waals surface area contributed by atoms with Crippen LogP contribution in [0, 0.1) is 0 Å². The van der Waals surface area contributed by atoms with Crippen LogP contribution < -0.4 is 4.74 Å². The van der Waals surface area contributed by atoms with Gasteiger partial charge in [0.1, 0.15) is 11.9 Å². The molecule has 0 spiro atoms. The van der Waals surface area contributed by atoms with Gasteiger partial charge < -0.3 is 14.5 Å². The van der Waals surface area contributed by atoms with Crippen LogP contribution in [-0.2, 0) is 0 Å². The highest BCUT2D eigenvalue weighted by Crippen LogP contribution is 2.27. The topological polar surface area (TPSA) is 32.8 Å². The molecule has 0 radical (unpaired) electrons. The summed E-state index contributed by atoms with van der Waals surface area (Å²) in [6, 6.07) is 19.3. The molecule has 2 atom stereocenters. The van der Waals surface area contributed by atoms with E-state index in [-0.39, 0.29) is 11.9 Å². The number of carbonyl (C=O) groups excluding carboxylic acids is 1. The van der Waals surface area contributed by atoms with E-state index in [9.17, 15) is 4.79 Å². The minimum Gasteiger partial charge on any atom is -0.490 e. The molecule has 2 heterocycles. The van der Waals surface area contributed by atoms with Crippen LogP contribution in [-0.4, -0.2) is 61.0 Å². The van der Waals surface area contributed by atoms with Crippen LogP contribution in [0.5, 0.6) is 5.75 Å². The molecule has 2 saturated heterocycles. The van der Waals surface area contributed by atoms with E-state index in [1.807, 2.05) is 24.3 Å². The number of piperidine rings is 1. The number of ether oxygens (including phenoxy) is 1. The normalized spacial score (nSPS) is 21.2. The third-order valence-electron chi connectivity index (χ3n) is 7.53. The van der Waals surface area contributed by atoms with Crippen LogP contribution in [0.3, 0.4) is 0 Å². The van der Waals surface area contributed by atoms with Gasteiger partial charge in [0.05, 0.1) is 5.56 Å². The van der Waals surface area contributed by atoms with Gasteiger partial charge in [-0.25, -0.2) is 0 Å². The van der Waals surface area contributed by atoms with Crippen molar-refractivity contribution in [2.24, 2.45) is 0 Å². The van der Waals surface area contributed by atoms with Crippen LogP contribution in [0.15, 0.2) is 54.6 Å². The highest BCUT2D eigenvalue weighted by atomic mass is 16.5. The van der Waals surface area contributed by atoms with E-state index in [4.69, 9.17) is 4.74 Å². The minimum absolute atomic E-state index is 0.189. The number of ketones is 1. The van der Waals surface area contributed by atoms with E-state index in [1.165, 1.54) is 24.9 Å². The molecular weight excluding hydrogens is 408 g/mol. The van der Waals surface area contributed by atoms with Gasteiger partial charge in [0.25, 0.3) is 0 Å². The zero-order chi connectivity index (χ0) is 23.0. The molecule has 2 aliphatic heterocycles. The molecule has 0 N–H and O–H groups in total. The van der Waals surface area contributed by atoms with Crippen LogP contribution in [0.4, 0.5) is 0 Å². The van der Waals surface area contributed by atoms with Crippen molar-refractivity contribution < 1.29 is 9.53 Å². The maximum atomic E-state index is 13.0. The molecule has 2 aliphatic rings. The Balaban J connectivity index is 1.24. The molecule has 0 bridgehead atoms. The highest BCUT2D eigenvalue weighted by Gasteiger charge is 2.24. The monoisotopic (exact) mass is 448 g/mol. The maximum absolute atomic E-state index is 13.0. The van der Waals surface area contributed by atoms with Gasteiger partial charge in [0.15, 0.2) is 5.78 Å². The maximum Gasteiger partial charge on any atom is 0.166 e. The molecule has 2 unspecified atom stereocenters. The molecule has 2 aromatic carbocycles. The Kier molecular flexibility index (Phi) is 8.57. The van der Waals surface area contributed by atoms with Crippen LogP contribution >= 0.6 is 0 Å². The van der Waals surface area contributed by atoms with E-state index in [0.29, 0.717) is 18.4 Å². The number of Topliss-reactive ketones (excluding diaryl/α,β-unsaturated/α-hetero) is 1. The zero-order valence-electron chi connectivity index (χ0n) is 20.4. The number of rotatable bonds is 10. The van der Waals surface area contributed by atoms with Gasteiger partial charge in [0, 0.05) is 32.1 Å². The van der Waals surface area contributed by atoms with Gasteiger partial charge in [-0.1, -0.05) is 49.4 Å². The first kappa shape index (κ1) is 24.0. The fourth-order valence-electron chi connectivity index (χ4n) is 5.44. The summed E-state index contributed by atoms with van der Waals surface area (Å²) in [5.74, 6) is 1.53. The molecule has 178 valence electrons. The third-order valence-corrected chi connectivity index (χ3v) is 7.53. The van der Waals surface area contributed by atoms with Gasteiger partial charge in [-0.05, 0) is 75.7 Å². The molecule has 4 nitrogen and oxygen atoms in total. The van der Waals surface area contributed by atoms with Crippen LogP contribution in [0.1, 0.15) is 73.7 Å². The van der Waals surface area contributed by atoms with Crippen molar-refractivity contribution in [1.82, 2.24) is 9.80 Å². The van der Waals surface area contributed by atoms with E-state index < -0.39 is 0 Å². The molecule has 0 aromatic heterocycles. The molecule has 0 amide bonds. The van der Waals surface area contributed by atoms with Gasteiger partial charge in [-0.2, -0.15) is 0 Å².